The maximum Gasteiger partial charge on any atom is 0.0245 e. The molecule has 1 nitrogen and oxygen atoms in total. The highest BCUT2D eigenvalue weighted by Gasteiger charge is 2.19. The highest BCUT2D eigenvalue weighted by molar-refractivity contribution is 8.00. The monoisotopic (exact) mass is 307 g/mol. The second-order valence-electron chi connectivity index (χ2n) is 6.14. The number of thioether (sulfide) groups is 1. The van der Waals surface area contributed by atoms with E-state index in [1.54, 1.807) is 0 Å². The predicted octanol–water partition coefficient (Wildman–Crippen LogP) is 5.85. The van der Waals surface area contributed by atoms with E-state index in [0.29, 0.717) is 17.2 Å². The highest BCUT2D eigenvalue weighted by Crippen LogP contribution is 2.30. The van der Waals surface area contributed by atoms with Crippen LogP contribution >= 0.6 is 11.8 Å². The van der Waals surface area contributed by atoms with Gasteiger partial charge in [0.25, 0.3) is 0 Å². The summed E-state index contributed by atoms with van der Waals surface area (Å²) in [6.45, 7) is 12.5. The summed E-state index contributed by atoms with van der Waals surface area (Å²) in [5, 5.41) is 4.42. The van der Waals surface area contributed by atoms with Gasteiger partial charge in [-0.25, -0.2) is 0 Å². The standard InChI is InChI=1S/C19H33NS/c1-6-9-18(20-14-7-2)19(8-3)21-17-12-10-16(11-13-17)15(4)5/h10-13,15,18-20H,6-9,14H2,1-5H3. The third-order valence-corrected chi connectivity index (χ3v) is 5.45. The van der Waals surface area contributed by atoms with Gasteiger partial charge < -0.3 is 5.32 Å². The number of hydrogen-bond donors (Lipinski definition) is 1. The van der Waals surface area contributed by atoms with Gasteiger partial charge in [-0.3, -0.25) is 0 Å². The Hall–Kier alpha value is -0.470. The van der Waals surface area contributed by atoms with Gasteiger partial charge in [0, 0.05) is 16.2 Å². The minimum atomic E-state index is 0.616. The number of rotatable bonds is 10. The number of hydrogen-bond acceptors (Lipinski definition) is 2. The van der Waals surface area contributed by atoms with Crippen molar-refractivity contribution in [3.05, 3.63) is 29.8 Å². The van der Waals surface area contributed by atoms with Crippen LogP contribution in [0.3, 0.4) is 0 Å². The quantitative estimate of drug-likeness (QED) is 0.544. The van der Waals surface area contributed by atoms with Gasteiger partial charge in [-0.1, -0.05) is 53.2 Å². The third kappa shape index (κ3) is 6.44. The molecule has 120 valence electrons. The van der Waals surface area contributed by atoms with Gasteiger partial charge in [-0.05, 0) is 49.4 Å². The van der Waals surface area contributed by atoms with Crippen molar-refractivity contribution in [2.45, 2.75) is 82.4 Å². The molecule has 0 aliphatic heterocycles. The van der Waals surface area contributed by atoms with E-state index in [2.05, 4.69) is 64.2 Å². The van der Waals surface area contributed by atoms with E-state index in [0.717, 1.165) is 6.54 Å². The minimum absolute atomic E-state index is 0.616. The van der Waals surface area contributed by atoms with Crippen molar-refractivity contribution in [2.24, 2.45) is 0 Å². The molecular formula is C19H33NS. The van der Waals surface area contributed by atoms with E-state index < -0.39 is 0 Å². The molecule has 21 heavy (non-hydrogen) atoms. The van der Waals surface area contributed by atoms with Crippen LogP contribution in [0.1, 0.15) is 71.8 Å². The van der Waals surface area contributed by atoms with Crippen molar-refractivity contribution in [1.29, 1.82) is 0 Å². The maximum atomic E-state index is 3.75. The first-order valence-corrected chi connectivity index (χ1v) is 9.50. The van der Waals surface area contributed by atoms with Gasteiger partial charge in [0.05, 0.1) is 0 Å². The van der Waals surface area contributed by atoms with E-state index >= 15 is 0 Å². The molecule has 1 rings (SSSR count). The summed E-state index contributed by atoms with van der Waals surface area (Å²) < 4.78 is 0. The summed E-state index contributed by atoms with van der Waals surface area (Å²) in [4.78, 5) is 1.41. The molecule has 1 aromatic carbocycles. The summed E-state index contributed by atoms with van der Waals surface area (Å²) >= 11 is 2.05. The molecule has 2 heteroatoms. The normalized spacial score (nSPS) is 14.4. The highest BCUT2D eigenvalue weighted by atomic mass is 32.2. The molecule has 0 radical (unpaired) electrons. The van der Waals surface area contributed by atoms with Crippen molar-refractivity contribution in [2.75, 3.05) is 6.54 Å². The first-order valence-electron chi connectivity index (χ1n) is 8.62. The van der Waals surface area contributed by atoms with Crippen LogP contribution in [0.25, 0.3) is 0 Å². The Morgan fingerprint density at radius 1 is 1.00 bits per heavy atom. The van der Waals surface area contributed by atoms with Gasteiger partial charge in [-0.2, -0.15) is 0 Å². The van der Waals surface area contributed by atoms with Gasteiger partial charge in [-0.15, -0.1) is 11.8 Å². The van der Waals surface area contributed by atoms with E-state index in [-0.39, 0.29) is 0 Å². The average molecular weight is 308 g/mol. The molecular weight excluding hydrogens is 274 g/mol. The van der Waals surface area contributed by atoms with Gasteiger partial charge in [0.2, 0.25) is 0 Å². The second-order valence-corrected chi connectivity index (χ2v) is 7.45. The molecule has 2 unspecified atom stereocenters. The summed E-state index contributed by atoms with van der Waals surface area (Å²) in [7, 11) is 0. The molecule has 0 fully saturated rings. The molecule has 0 bridgehead atoms. The van der Waals surface area contributed by atoms with Crippen molar-refractivity contribution in [3.8, 4) is 0 Å². The molecule has 0 spiro atoms. The number of benzene rings is 1. The predicted molar refractivity (Wildman–Crippen MR) is 97.5 cm³/mol. The maximum absolute atomic E-state index is 3.75. The molecule has 0 heterocycles. The van der Waals surface area contributed by atoms with E-state index in [1.165, 1.54) is 36.1 Å². The Kier molecular flexibility index (Phi) is 9.10. The van der Waals surface area contributed by atoms with Gasteiger partial charge in [0.15, 0.2) is 0 Å². The fourth-order valence-corrected chi connectivity index (χ4v) is 3.82. The summed E-state index contributed by atoms with van der Waals surface area (Å²) in [6.07, 6.45) is 4.96. The van der Waals surface area contributed by atoms with Crippen molar-refractivity contribution < 1.29 is 0 Å². The molecule has 1 N–H and O–H groups in total. The zero-order chi connectivity index (χ0) is 15.7. The SMILES string of the molecule is CCCNC(CCC)C(CC)Sc1ccc(C(C)C)cc1. The van der Waals surface area contributed by atoms with Crippen LogP contribution in [0.2, 0.25) is 0 Å². The molecule has 0 aliphatic rings. The van der Waals surface area contributed by atoms with Crippen LogP contribution < -0.4 is 5.32 Å². The topological polar surface area (TPSA) is 12.0 Å². The Bertz CT molecular complexity index is 372. The average Bonchev–Trinajstić information content (AvgIpc) is 2.49. The summed E-state index contributed by atoms with van der Waals surface area (Å²) in [5.74, 6) is 0.616. The van der Waals surface area contributed by atoms with Crippen LogP contribution in [-0.2, 0) is 0 Å². The largest absolute Gasteiger partial charge is 0.313 e. The van der Waals surface area contributed by atoms with Crippen LogP contribution in [0.5, 0.6) is 0 Å². The van der Waals surface area contributed by atoms with E-state index in [4.69, 9.17) is 0 Å². The molecule has 0 aromatic heterocycles. The Labute approximate surface area is 136 Å². The van der Waals surface area contributed by atoms with E-state index in [9.17, 15) is 0 Å². The smallest absolute Gasteiger partial charge is 0.0245 e. The summed E-state index contributed by atoms with van der Waals surface area (Å²) in [5.41, 5.74) is 1.43. The fraction of sp³-hybridized carbons (Fsp3) is 0.684. The molecule has 0 saturated carbocycles. The zero-order valence-corrected chi connectivity index (χ0v) is 15.3. The van der Waals surface area contributed by atoms with Crippen molar-refractivity contribution >= 4 is 11.8 Å². The minimum Gasteiger partial charge on any atom is -0.313 e. The van der Waals surface area contributed by atoms with Crippen LogP contribution in [0, 0.1) is 0 Å². The Balaban J connectivity index is 2.69. The van der Waals surface area contributed by atoms with Crippen molar-refractivity contribution in [1.82, 2.24) is 5.32 Å². The third-order valence-electron chi connectivity index (χ3n) is 3.94. The van der Waals surface area contributed by atoms with Crippen molar-refractivity contribution in [3.63, 3.8) is 0 Å². The molecule has 0 aliphatic carbocycles. The first-order chi connectivity index (χ1) is 10.1. The number of nitrogens with one attached hydrogen (secondary N) is 1. The van der Waals surface area contributed by atoms with Gasteiger partial charge in [0.1, 0.15) is 0 Å². The lowest BCUT2D eigenvalue weighted by molar-refractivity contribution is 0.454. The lowest BCUT2D eigenvalue weighted by atomic mass is 10.0. The second kappa shape index (κ2) is 10.3. The van der Waals surface area contributed by atoms with E-state index in [1.807, 2.05) is 11.8 Å². The fourth-order valence-electron chi connectivity index (χ4n) is 2.62. The first kappa shape index (κ1) is 18.6. The Morgan fingerprint density at radius 2 is 1.67 bits per heavy atom. The zero-order valence-electron chi connectivity index (χ0n) is 14.5. The van der Waals surface area contributed by atoms with Crippen LogP contribution in [-0.4, -0.2) is 17.8 Å². The lowest BCUT2D eigenvalue weighted by Crippen LogP contribution is -2.38. The lowest BCUT2D eigenvalue weighted by Gasteiger charge is -2.27. The molecule has 2 atom stereocenters. The van der Waals surface area contributed by atoms with Crippen LogP contribution in [0.4, 0.5) is 0 Å². The summed E-state index contributed by atoms with van der Waals surface area (Å²) in [6, 6.07) is 9.80. The molecule has 0 saturated heterocycles. The Morgan fingerprint density at radius 3 is 2.14 bits per heavy atom. The van der Waals surface area contributed by atoms with Gasteiger partial charge >= 0.3 is 0 Å². The molecule has 0 amide bonds. The van der Waals surface area contributed by atoms with Crippen LogP contribution in [0.15, 0.2) is 29.2 Å². The molecule has 1 aromatic rings.